The molecule has 1 fully saturated rings. The fourth-order valence-electron chi connectivity index (χ4n) is 5.13. The molecule has 10 heteroatoms. The van der Waals surface area contributed by atoms with E-state index in [1.807, 2.05) is 36.4 Å². The average Bonchev–Trinajstić information content (AvgIpc) is 3.05. The number of aliphatic imine (C=N–C) groups is 1. The van der Waals surface area contributed by atoms with Crippen molar-refractivity contribution in [3.05, 3.63) is 71.3 Å². The fourth-order valence-corrected chi connectivity index (χ4v) is 5.13. The number of nitrogens with zero attached hydrogens (tertiary/aromatic N) is 1. The van der Waals surface area contributed by atoms with Gasteiger partial charge < -0.3 is 33.7 Å². The summed E-state index contributed by atoms with van der Waals surface area (Å²) >= 11 is 0. The van der Waals surface area contributed by atoms with Crippen LogP contribution in [0.2, 0.25) is 0 Å². The molecule has 1 aliphatic carbocycles. The Hall–Kier alpha value is -4.57. The van der Waals surface area contributed by atoms with Gasteiger partial charge in [-0.25, -0.2) is 4.99 Å². The second-order valence-electron chi connectivity index (χ2n) is 10.3. The Bertz CT molecular complexity index is 1400. The zero-order valence-corrected chi connectivity index (χ0v) is 27.0. The van der Waals surface area contributed by atoms with Gasteiger partial charge in [-0.05, 0) is 73.6 Å². The monoisotopic (exact) mass is 620 g/mol. The Balaban J connectivity index is 1.57. The number of aryl methyl sites for hydroxylation is 1. The van der Waals surface area contributed by atoms with Crippen LogP contribution in [0.3, 0.4) is 0 Å². The van der Waals surface area contributed by atoms with Crippen molar-refractivity contribution in [1.29, 1.82) is 0 Å². The number of amides is 2. The van der Waals surface area contributed by atoms with Crippen LogP contribution < -0.4 is 29.0 Å². The highest BCUT2D eigenvalue weighted by molar-refractivity contribution is 6.04. The number of benzene rings is 2. The highest BCUT2D eigenvalue weighted by Gasteiger charge is 2.22. The van der Waals surface area contributed by atoms with Gasteiger partial charge in [0, 0.05) is 24.5 Å². The summed E-state index contributed by atoms with van der Waals surface area (Å²) in [6.07, 6.45) is 14.7. The van der Waals surface area contributed by atoms with Gasteiger partial charge in [0.05, 0.1) is 48.2 Å². The minimum atomic E-state index is -0.371. The average molecular weight is 621 g/mol. The summed E-state index contributed by atoms with van der Waals surface area (Å²) in [5.41, 5.74) is 3.42. The number of methoxy groups -OCH3 is 6. The summed E-state index contributed by atoms with van der Waals surface area (Å²) < 4.78 is 32.4. The first-order valence-corrected chi connectivity index (χ1v) is 14.8. The number of carbonyl (C=O) groups excluding carboxylic acids is 2. The summed E-state index contributed by atoms with van der Waals surface area (Å²) in [7, 11) is 9.51. The van der Waals surface area contributed by atoms with E-state index in [1.54, 1.807) is 54.8 Å². The van der Waals surface area contributed by atoms with E-state index in [0.29, 0.717) is 60.3 Å². The first-order chi connectivity index (χ1) is 21.9. The molecule has 1 aliphatic rings. The third-order valence-corrected chi connectivity index (χ3v) is 7.26. The maximum Gasteiger partial charge on any atom is 0.269 e. The summed E-state index contributed by atoms with van der Waals surface area (Å²) in [4.78, 5) is 29.7. The molecule has 0 radical (unpaired) electrons. The minimum absolute atomic E-state index is 0.215. The van der Waals surface area contributed by atoms with Crippen molar-refractivity contribution in [3.63, 3.8) is 0 Å². The normalized spacial score (nSPS) is 16.0. The number of nitrogens with one attached hydrogen (secondary N) is 1. The number of hydrogen-bond donors (Lipinski definition) is 1. The van der Waals surface area contributed by atoms with E-state index in [-0.39, 0.29) is 17.9 Å². The molecule has 1 N–H and O–H groups in total. The van der Waals surface area contributed by atoms with Gasteiger partial charge in [-0.15, -0.1) is 0 Å². The zero-order chi connectivity index (χ0) is 32.6. The number of hydrogen-bond acceptors (Lipinski definition) is 8. The summed E-state index contributed by atoms with van der Waals surface area (Å²) in [6, 6.07) is 7.31. The lowest BCUT2D eigenvalue weighted by Crippen LogP contribution is -2.42. The van der Waals surface area contributed by atoms with Crippen LogP contribution in [0, 0.1) is 0 Å². The van der Waals surface area contributed by atoms with Crippen LogP contribution in [0.1, 0.15) is 48.8 Å². The smallest absolute Gasteiger partial charge is 0.269 e. The SMILES string of the molecule is COCc1cc(/C=C/C=C/C(=O)N=C2CCCC[C@@H]2NC(=O)/C=C/CCc2cc(OC)c(OC)c(OC)c2)cc(OC)c1OC. The van der Waals surface area contributed by atoms with Crippen molar-refractivity contribution in [3.8, 4) is 28.7 Å². The second kappa shape index (κ2) is 18.3. The van der Waals surface area contributed by atoms with Gasteiger partial charge in [0.25, 0.3) is 5.91 Å². The molecular formula is C35H44N2O8. The molecule has 242 valence electrons. The molecule has 1 saturated carbocycles. The highest BCUT2D eigenvalue weighted by Crippen LogP contribution is 2.38. The van der Waals surface area contributed by atoms with E-state index in [9.17, 15) is 9.59 Å². The lowest BCUT2D eigenvalue weighted by molar-refractivity contribution is -0.117. The zero-order valence-electron chi connectivity index (χ0n) is 27.0. The van der Waals surface area contributed by atoms with Gasteiger partial charge in [-0.2, -0.15) is 0 Å². The Labute approximate surface area is 265 Å². The van der Waals surface area contributed by atoms with Crippen LogP contribution >= 0.6 is 0 Å². The standard InChI is InChI=1S/C35H44N2O8/c1-40-23-26-19-24(20-29(41-2)34(26)44-5)13-7-11-17-32(38)36-27-15-9-10-16-28(27)37-33(39)18-12-8-14-25-21-30(42-3)35(45-6)31(22-25)43-4/h7,11-13,17-22,28H,8-10,14-16,23H2,1-6H3,(H,37,39)/b13-7+,17-11+,18-12+,36-27?/t28-/m0/s1. The van der Waals surface area contributed by atoms with Gasteiger partial charge >= 0.3 is 0 Å². The molecule has 0 spiro atoms. The fraction of sp³-hybridized carbons (Fsp3) is 0.400. The first kappa shape index (κ1) is 34.9. The molecule has 0 aromatic heterocycles. The first-order valence-electron chi connectivity index (χ1n) is 14.8. The van der Waals surface area contributed by atoms with Crippen LogP contribution in [0.25, 0.3) is 6.08 Å². The van der Waals surface area contributed by atoms with Crippen LogP contribution in [0.5, 0.6) is 28.7 Å². The number of ether oxygens (including phenoxy) is 6. The van der Waals surface area contributed by atoms with E-state index >= 15 is 0 Å². The molecule has 10 nitrogen and oxygen atoms in total. The van der Waals surface area contributed by atoms with Gasteiger partial charge in [0.1, 0.15) is 0 Å². The molecule has 2 aromatic carbocycles. The summed E-state index contributed by atoms with van der Waals surface area (Å²) in [5, 5.41) is 3.01. The molecule has 2 amide bonds. The van der Waals surface area contributed by atoms with Gasteiger partial charge in [0.15, 0.2) is 23.0 Å². The number of allylic oxidation sites excluding steroid dienone is 3. The maximum absolute atomic E-state index is 12.7. The molecule has 0 aliphatic heterocycles. The largest absolute Gasteiger partial charge is 0.493 e. The van der Waals surface area contributed by atoms with Crippen molar-refractivity contribution in [2.45, 2.75) is 51.2 Å². The Kier molecular flexibility index (Phi) is 14.2. The van der Waals surface area contributed by atoms with Crippen molar-refractivity contribution in [1.82, 2.24) is 5.32 Å². The van der Waals surface area contributed by atoms with Crippen molar-refractivity contribution >= 4 is 23.6 Å². The predicted octanol–water partition coefficient (Wildman–Crippen LogP) is 5.66. The lowest BCUT2D eigenvalue weighted by atomic mass is 9.93. The highest BCUT2D eigenvalue weighted by atomic mass is 16.5. The van der Waals surface area contributed by atoms with Gasteiger partial charge in [0.2, 0.25) is 11.7 Å². The van der Waals surface area contributed by atoms with Crippen molar-refractivity contribution in [2.24, 2.45) is 4.99 Å². The van der Waals surface area contributed by atoms with Crippen LogP contribution in [-0.4, -0.2) is 66.2 Å². The molecule has 45 heavy (non-hydrogen) atoms. The number of rotatable bonds is 15. The Morgan fingerprint density at radius 3 is 2.18 bits per heavy atom. The maximum atomic E-state index is 12.7. The van der Waals surface area contributed by atoms with E-state index in [4.69, 9.17) is 28.4 Å². The van der Waals surface area contributed by atoms with Crippen LogP contribution in [-0.2, 0) is 27.4 Å². The lowest BCUT2D eigenvalue weighted by Gasteiger charge is -2.24. The van der Waals surface area contributed by atoms with Crippen molar-refractivity contribution in [2.75, 3.05) is 42.7 Å². The minimum Gasteiger partial charge on any atom is -0.493 e. The van der Waals surface area contributed by atoms with E-state index in [0.717, 1.165) is 36.0 Å². The van der Waals surface area contributed by atoms with Crippen LogP contribution in [0.4, 0.5) is 0 Å². The number of carbonyl (C=O) groups is 2. The van der Waals surface area contributed by atoms with E-state index in [2.05, 4.69) is 10.3 Å². The molecule has 0 unspecified atom stereocenters. The third kappa shape index (κ3) is 10.2. The Morgan fingerprint density at radius 2 is 1.53 bits per heavy atom. The molecule has 0 heterocycles. The second-order valence-corrected chi connectivity index (χ2v) is 10.3. The van der Waals surface area contributed by atoms with Crippen LogP contribution in [0.15, 0.2) is 59.6 Å². The molecule has 0 saturated heterocycles. The molecule has 1 atom stereocenters. The Morgan fingerprint density at radius 1 is 0.844 bits per heavy atom. The molecule has 0 bridgehead atoms. The molecule has 2 aromatic rings. The van der Waals surface area contributed by atoms with E-state index in [1.165, 1.54) is 12.2 Å². The molecular weight excluding hydrogens is 576 g/mol. The van der Waals surface area contributed by atoms with Gasteiger partial charge in [-0.3, -0.25) is 9.59 Å². The quantitative estimate of drug-likeness (QED) is 0.201. The van der Waals surface area contributed by atoms with Crippen molar-refractivity contribution < 1.29 is 38.0 Å². The predicted molar refractivity (Wildman–Crippen MR) is 175 cm³/mol. The van der Waals surface area contributed by atoms with Gasteiger partial charge in [-0.1, -0.05) is 30.7 Å². The summed E-state index contributed by atoms with van der Waals surface area (Å²) in [5.74, 6) is 2.35. The summed E-state index contributed by atoms with van der Waals surface area (Å²) in [6.45, 7) is 0.371. The topological polar surface area (TPSA) is 114 Å². The van der Waals surface area contributed by atoms with E-state index < -0.39 is 0 Å². The molecule has 3 rings (SSSR count). The third-order valence-electron chi connectivity index (χ3n) is 7.26.